The Bertz CT molecular complexity index is 1460. The lowest BCUT2D eigenvalue weighted by molar-refractivity contribution is -0.267. The maximum Gasteiger partial charge on any atom is 0.303 e. The highest BCUT2D eigenvalue weighted by Crippen LogP contribution is 2.36. The lowest BCUT2D eigenvalue weighted by Gasteiger charge is -2.44. The summed E-state index contributed by atoms with van der Waals surface area (Å²) in [7, 11) is 0. The smallest absolute Gasteiger partial charge is 0.303 e. The van der Waals surface area contributed by atoms with Gasteiger partial charge in [0, 0.05) is 33.3 Å². The number of hydrogen-bond donors (Lipinski definition) is 1. The fourth-order valence-corrected chi connectivity index (χ4v) is 4.33. The van der Waals surface area contributed by atoms with Crippen molar-refractivity contribution in [2.24, 2.45) is 0 Å². The SMILES string of the molecule is CC(=O)O[13CH2][13C@H]1O[13C@@H]([15n]2[13cH]nc3c([15NH]C(=O)c4ccccc4)ncnc32)[13C@H](OC(C)=O)[13C@@H](OC(C)=O)[13C@@H]1OC(C)=O. The number of amides is 1. The van der Waals surface area contributed by atoms with E-state index >= 15 is 0 Å². The molecule has 2 aromatic heterocycles. The van der Waals surface area contributed by atoms with Crippen molar-refractivity contribution in [1.82, 2.24) is 19.5 Å². The fourth-order valence-electron chi connectivity index (χ4n) is 4.33. The van der Waals surface area contributed by atoms with E-state index in [4.69, 9.17) is 23.7 Å². The molecule has 1 aromatic carbocycles. The second kappa shape index (κ2) is 12.5. The Morgan fingerprint density at radius 3 is 2.10 bits per heavy atom. The zero-order valence-electron chi connectivity index (χ0n) is 22.5. The van der Waals surface area contributed by atoms with E-state index in [9.17, 15) is 24.0 Å². The van der Waals surface area contributed by atoms with Gasteiger partial charge in [0.05, 0.1) is 6.33 Å². The lowest BCUT2D eigenvalue weighted by atomic mass is 10.2. The fraction of sp³-hybridized carbons (Fsp3) is 0.385. The topological polar surface area (TPSA) is 187 Å². The molecular formula is C26H27N5O10. The minimum absolute atomic E-state index is 0.0910. The van der Waals surface area contributed by atoms with Crippen LogP contribution in [0.1, 0.15) is 44.3 Å². The minimum Gasteiger partial charge on any atom is -0.463 e. The molecule has 1 aliphatic rings. The average Bonchev–Trinajstić information content (AvgIpc) is 3.34. The van der Waals surface area contributed by atoms with Crippen LogP contribution in [0.2, 0.25) is 0 Å². The van der Waals surface area contributed by atoms with E-state index in [1.165, 1.54) is 24.1 Å². The number of nitrogens with zero attached hydrogens (tertiary/aromatic N) is 4. The van der Waals surface area contributed by atoms with Crippen LogP contribution in [0.3, 0.4) is 0 Å². The van der Waals surface area contributed by atoms with E-state index < -0.39 is 67.0 Å². The Hall–Kier alpha value is -4.92. The van der Waals surface area contributed by atoms with Gasteiger partial charge in [-0.3, -0.25) is 28.5 Å². The van der Waals surface area contributed by atoms with E-state index in [1.54, 1.807) is 30.3 Å². The number of imidazole rings is 1. The summed E-state index contributed by atoms with van der Waals surface area (Å²) < 4.78 is 29.1. The summed E-state index contributed by atoms with van der Waals surface area (Å²) >= 11 is 0. The van der Waals surface area contributed by atoms with E-state index in [0.29, 0.717) is 5.56 Å². The molecule has 15 heteroatoms. The normalized spacial score (nSPS) is 21.9. The summed E-state index contributed by atoms with van der Waals surface area (Å²) in [5, 5.41) is 2.69. The summed E-state index contributed by atoms with van der Waals surface area (Å²) in [6.07, 6.45) is -4.01. The van der Waals surface area contributed by atoms with Crippen molar-refractivity contribution in [3.8, 4) is 0 Å². The number of esters is 4. The predicted molar refractivity (Wildman–Crippen MR) is 137 cm³/mol. The van der Waals surface area contributed by atoms with Gasteiger partial charge in [0.1, 0.15) is 19.0 Å². The molecule has 1 amide bonds. The van der Waals surface area contributed by atoms with E-state index in [0.717, 1.165) is 20.8 Å². The molecule has 1 N–H and O–H groups in total. The first-order valence-corrected chi connectivity index (χ1v) is 12.4. The molecule has 0 unspecified atom stereocenters. The first-order chi connectivity index (χ1) is 19.5. The third-order valence-electron chi connectivity index (χ3n) is 5.87. The summed E-state index contributed by atoms with van der Waals surface area (Å²) in [5.41, 5.74) is 0.715. The van der Waals surface area contributed by atoms with Gasteiger partial charge in [-0.15, -0.1) is 0 Å². The Morgan fingerprint density at radius 1 is 0.829 bits per heavy atom. The molecule has 0 radical (unpaired) electrons. The van der Waals surface area contributed by atoms with Crippen LogP contribution >= 0.6 is 0 Å². The summed E-state index contributed by atoms with van der Waals surface area (Å²) in [4.78, 5) is 73.3. The Morgan fingerprint density at radius 2 is 1.46 bits per heavy atom. The molecule has 216 valence electrons. The molecule has 0 spiro atoms. The number of fused-ring (bicyclic) bond motifs is 1. The van der Waals surface area contributed by atoms with E-state index in [2.05, 4.69) is 20.3 Å². The summed E-state index contributed by atoms with van der Waals surface area (Å²) in [6, 6.07) is 8.45. The van der Waals surface area contributed by atoms with Crippen molar-refractivity contribution in [2.75, 3.05) is 11.9 Å². The Balaban J connectivity index is 1.77. The second-order valence-corrected chi connectivity index (χ2v) is 8.96. The molecular weight excluding hydrogens is 551 g/mol. The number of anilines is 1. The van der Waals surface area contributed by atoms with Gasteiger partial charge >= 0.3 is 23.9 Å². The summed E-state index contributed by atoms with van der Waals surface area (Å²) in [6.45, 7) is 4.18. The van der Waals surface area contributed by atoms with Gasteiger partial charge < -0.3 is 29.0 Å². The van der Waals surface area contributed by atoms with Crippen molar-refractivity contribution < 1.29 is 47.7 Å². The number of benzene rings is 1. The molecule has 0 aliphatic carbocycles. The number of nitrogens with one attached hydrogen (secondary N) is 1. The number of rotatable bonds is 8. The molecule has 1 fully saturated rings. The molecule has 1 saturated heterocycles. The highest BCUT2D eigenvalue weighted by molar-refractivity contribution is 6.06. The number of carbonyl (C=O) groups is 5. The maximum atomic E-state index is 12.8. The molecule has 5 atom stereocenters. The van der Waals surface area contributed by atoms with Crippen LogP contribution < -0.4 is 5.32 Å². The van der Waals surface area contributed by atoms with Crippen LogP contribution in [-0.2, 0) is 42.9 Å². The van der Waals surface area contributed by atoms with Crippen LogP contribution in [-0.4, -0.2) is 80.3 Å². The molecule has 3 heterocycles. The zero-order chi connectivity index (χ0) is 29.7. The van der Waals surface area contributed by atoms with E-state index in [1.807, 2.05) is 0 Å². The zero-order valence-corrected chi connectivity index (χ0v) is 22.5. The molecule has 0 saturated carbocycles. The van der Waals surface area contributed by atoms with Crippen LogP contribution in [0.4, 0.5) is 5.82 Å². The Labute approximate surface area is 233 Å². The maximum absolute atomic E-state index is 12.8. The summed E-state index contributed by atoms with van der Waals surface area (Å²) in [5.74, 6) is -3.25. The quantitative estimate of drug-likeness (QED) is 0.175. The monoisotopic (exact) mass is 578 g/mol. The van der Waals surface area contributed by atoms with Gasteiger partial charge in [-0.05, 0) is 12.1 Å². The van der Waals surface area contributed by atoms with Crippen LogP contribution in [0, 0.1) is 0 Å². The lowest BCUT2D eigenvalue weighted by Crippen LogP contribution is -2.60. The van der Waals surface area contributed by atoms with Crippen molar-refractivity contribution in [3.05, 3.63) is 48.5 Å². The number of carbonyl (C=O) groups excluding carboxylic acids is 5. The van der Waals surface area contributed by atoms with Gasteiger partial charge in [-0.25, -0.2) is 15.0 Å². The highest BCUT2D eigenvalue weighted by atomic mass is 16.8. The van der Waals surface area contributed by atoms with Crippen LogP contribution in [0.15, 0.2) is 43.0 Å². The van der Waals surface area contributed by atoms with Crippen LogP contribution in [0.25, 0.3) is 11.2 Å². The number of ether oxygens (including phenoxy) is 5. The highest BCUT2D eigenvalue weighted by Gasteiger charge is 2.53. The van der Waals surface area contributed by atoms with Crippen molar-refractivity contribution in [2.45, 2.75) is 58.3 Å². The van der Waals surface area contributed by atoms with Gasteiger partial charge in [-0.1, -0.05) is 18.2 Å². The number of hydrogen-bond acceptors (Lipinski definition) is 13. The van der Waals surface area contributed by atoms with Crippen LogP contribution in [0.5, 0.6) is 0 Å². The van der Waals surface area contributed by atoms with Crippen molar-refractivity contribution >= 4 is 46.8 Å². The standard InChI is InChI=1S/C26H27N5O10/c1-13(32)37-10-18-20(38-14(2)33)21(39-15(3)34)22(40-16(4)35)26(41-18)31-12-29-19-23(27-11-28-24(19)31)30-25(36)17-8-6-5-7-9-17/h5-9,11-12,18,20-22,26H,10H2,1-4H3,(H,27,28,30,36)/t18-,20-,21+,22-,26-/m1/s1/i10+1,12+1,18+1,20+1,21+1,22+1,26+1,30+1,31+1. The Kier molecular flexibility index (Phi) is 8.87. The second-order valence-electron chi connectivity index (χ2n) is 8.96. The molecule has 0 bridgehead atoms. The molecule has 1 aliphatic heterocycles. The van der Waals surface area contributed by atoms with Gasteiger partial charge in [0.15, 0.2) is 41.5 Å². The third kappa shape index (κ3) is 6.81. The van der Waals surface area contributed by atoms with E-state index in [-0.39, 0.29) is 17.0 Å². The largest absolute Gasteiger partial charge is 0.463 e. The first-order valence-electron chi connectivity index (χ1n) is 12.4. The number of aromatic nitrogens is 4. The average molecular weight is 578 g/mol. The molecule has 15 nitrogen and oxygen atoms in total. The van der Waals surface area contributed by atoms with Gasteiger partial charge in [0.2, 0.25) is 0 Å². The third-order valence-corrected chi connectivity index (χ3v) is 5.87. The first kappa shape index (κ1) is 29.1. The van der Waals surface area contributed by atoms with Gasteiger partial charge in [-0.2, -0.15) is 0 Å². The minimum atomic E-state index is -1.38. The predicted octanol–water partition coefficient (Wildman–Crippen LogP) is 1.33. The van der Waals surface area contributed by atoms with Crippen molar-refractivity contribution in [3.63, 3.8) is 0 Å². The molecule has 41 heavy (non-hydrogen) atoms. The van der Waals surface area contributed by atoms with Gasteiger partial charge in [0.25, 0.3) is 5.91 Å². The van der Waals surface area contributed by atoms with Crippen molar-refractivity contribution in [1.29, 1.82) is 0 Å². The molecule has 4 rings (SSSR count). The molecule has 3 aromatic rings.